The van der Waals surface area contributed by atoms with Crippen molar-refractivity contribution in [2.24, 2.45) is 29.6 Å². The Balaban J connectivity index is 1.41. The second kappa shape index (κ2) is 7.20. The minimum absolute atomic E-state index is 0.0276. The van der Waals surface area contributed by atoms with Gasteiger partial charge in [0, 0.05) is 27.6 Å². The number of thioether (sulfide) groups is 1. The molecule has 0 spiro atoms. The number of hydrogen-bond donors (Lipinski definition) is 2. The monoisotopic (exact) mass is 490 g/mol. The van der Waals surface area contributed by atoms with E-state index in [2.05, 4.69) is 4.98 Å². The standard InChI is InChI=1S/C22H19ClN2O5S2/c23-9-3-1-8(2-4-9)13-14-10-7-11(17(14)31-19-18(13)32-22(30)24-19)16-15(10)20(28)25(21(16)29)6-5-12(26)27/h1-4,10-11,13-17H,5-7H2,(H,24,30)(H,26,27)/t10-,11-,13+,14+,15-,16+,17-/m1/s1. The Morgan fingerprint density at radius 3 is 2.50 bits per heavy atom. The van der Waals surface area contributed by atoms with Gasteiger partial charge in [0.15, 0.2) is 0 Å². The van der Waals surface area contributed by atoms with Gasteiger partial charge in [-0.25, -0.2) is 0 Å². The average molecular weight is 491 g/mol. The van der Waals surface area contributed by atoms with E-state index in [0.29, 0.717) is 5.02 Å². The second-order valence-corrected chi connectivity index (χ2v) is 11.6. The normalized spacial score (nSPS) is 34.5. The average Bonchev–Trinajstić information content (AvgIpc) is 3.47. The van der Waals surface area contributed by atoms with Crippen LogP contribution in [0.5, 0.6) is 0 Å². The van der Waals surface area contributed by atoms with E-state index in [4.69, 9.17) is 16.7 Å². The molecule has 10 heteroatoms. The van der Waals surface area contributed by atoms with Crippen LogP contribution in [-0.2, 0) is 14.4 Å². The lowest BCUT2D eigenvalue weighted by Crippen LogP contribution is -2.42. The highest BCUT2D eigenvalue weighted by molar-refractivity contribution is 8.00. The lowest BCUT2D eigenvalue weighted by atomic mass is 9.68. The third-order valence-electron chi connectivity index (χ3n) is 7.59. The molecule has 166 valence electrons. The molecule has 0 radical (unpaired) electrons. The number of imide groups is 1. The van der Waals surface area contributed by atoms with E-state index in [1.807, 2.05) is 24.3 Å². The summed E-state index contributed by atoms with van der Waals surface area (Å²) in [4.78, 5) is 54.7. The highest BCUT2D eigenvalue weighted by atomic mass is 35.5. The first-order valence-electron chi connectivity index (χ1n) is 10.6. The number of nitrogens with one attached hydrogen (secondary N) is 1. The summed E-state index contributed by atoms with van der Waals surface area (Å²) < 4.78 is 0. The molecule has 2 aliphatic carbocycles. The van der Waals surface area contributed by atoms with Crippen LogP contribution in [0.2, 0.25) is 5.02 Å². The molecule has 3 fully saturated rings. The highest BCUT2D eigenvalue weighted by Crippen LogP contribution is 2.68. The number of amides is 2. The van der Waals surface area contributed by atoms with Gasteiger partial charge in [0.25, 0.3) is 0 Å². The fraction of sp³-hybridized carbons (Fsp3) is 0.455. The number of nitrogens with zero attached hydrogens (tertiary/aromatic N) is 1. The molecule has 7 nitrogen and oxygen atoms in total. The van der Waals surface area contributed by atoms with Gasteiger partial charge in [0.05, 0.1) is 23.3 Å². The number of carbonyl (C=O) groups is 3. The number of aromatic amines is 1. The predicted octanol–water partition coefficient (Wildman–Crippen LogP) is 3.04. The van der Waals surface area contributed by atoms with Crippen molar-refractivity contribution in [3.8, 4) is 0 Å². The van der Waals surface area contributed by atoms with Crippen molar-refractivity contribution >= 4 is 52.5 Å². The largest absolute Gasteiger partial charge is 0.481 e. The third-order valence-corrected chi connectivity index (χ3v) is 10.4. The molecule has 0 unspecified atom stereocenters. The summed E-state index contributed by atoms with van der Waals surface area (Å²) in [5.74, 6) is -2.08. The maximum Gasteiger partial charge on any atom is 0.305 e. The Labute approximate surface area is 196 Å². The molecule has 2 saturated carbocycles. The van der Waals surface area contributed by atoms with Gasteiger partial charge in [0.1, 0.15) is 0 Å². The van der Waals surface area contributed by atoms with E-state index >= 15 is 0 Å². The van der Waals surface area contributed by atoms with Gasteiger partial charge in [0.2, 0.25) is 11.8 Å². The minimum atomic E-state index is -1.02. The number of H-pyrrole nitrogens is 1. The van der Waals surface area contributed by atoms with Crippen molar-refractivity contribution < 1.29 is 19.5 Å². The molecule has 2 aliphatic heterocycles. The van der Waals surface area contributed by atoms with Crippen LogP contribution >= 0.6 is 34.7 Å². The Morgan fingerprint density at radius 2 is 1.81 bits per heavy atom. The number of aliphatic carboxylic acids is 1. The van der Waals surface area contributed by atoms with Crippen molar-refractivity contribution in [2.75, 3.05) is 6.54 Å². The molecule has 2 N–H and O–H groups in total. The molecule has 7 atom stereocenters. The molecular formula is C22H19ClN2O5S2. The summed E-state index contributed by atoms with van der Waals surface area (Å²) in [5, 5.41) is 10.6. The first kappa shape index (κ1) is 20.5. The second-order valence-electron chi connectivity index (χ2n) is 8.98. The van der Waals surface area contributed by atoms with Crippen LogP contribution in [0.15, 0.2) is 34.1 Å². The maximum absolute atomic E-state index is 13.2. The molecule has 4 aliphatic rings. The number of rotatable bonds is 4. The molecule has 2 aromatic rings. The molecule has 6 rings (SSSR count). The minimum Gasteiger partial charge on any atom is -0.481 e. The number of likely N-dealkylation sites (tertiary alicyclic amines) is 1. The van der Waals surface area contributed by atoms with Crippen molar-refractivity contribution in [3.05, 3.63) is 49.4 Å². The zero-order valence-corrected chi connectivity index (χ0v) is 19.1. The Hall–Kier alpha value is -2.10. The van der Waals surface area contributed by atoms with E-state index in [-0.39, 0.29) is 64.5 Å². The lowest BCUT2D eigenvalue weighted by Gasteiger charge is -2.43. The Kier molecular flexibility index (Phi) is 4.61. The van der Waals surface area contributed by atoms with Crippen LogP contribution in [0.3, 0.4) is 0 Å². The van der Waals surface area contributed by atoms with Gasteiger partial charge in [-0.3, -0.25) is 24.1 Å². The molecule has 2 amide bonds. The van der Waals surface area contributed by atoms with E-state index in [9.17, 15) is 19.2 Å². The van der Waals surface area contributed by atoms with Gasteiger partial charge >= 0.3 is 10.8 Å². The van der Waals surface area contributed by atoms with Crippen LogP contribution in [-0.4, -0.2) is 44.6 Å². The molecule has 1 aromatic carbocycles. The van der Waals surface area contributed by atoms with Crippen LogP contribution < -0.4 is 4.87 Å². The number of benzene rings is 1. The quantitative estimate of drug-likeness (QED) is 0.638. The first-order chi connectivity index (χ1) is 15.3. The number of thiazole rings is 1. The number of fused-ring (bicyclic) bond motifs is 9. The van der Waals surface area contributed by atoms with Crippen molar-refractivity contribution in [3.63, 3.8) is 0 Å². The fourth-order valence-corrected chi connectivity index (χ4v) is 9.56. The molecule has 2 bridgehead atoms. The summed E-state index contributed by atoms with van der Waals surface area (Å²) >= 11 is 8.98. The zero-order chi connectivity index (χ0) is 22.3. The van der Waals surface area contributed by atoms with Gasteiger partial charge in [-0.15, -0.1) is 11.8 Å². The molecule has 1 aromatic heterocycles. The van der Waals surface area contributed by atoms with Gasteiger partial charge < -0.3 is 10.1 Å². The Morgan fingerprint density at radius 1 is 1.12 bits per heavy atom. The summed E-state index contributed by atoms with van der Waals surface area (Å²) in [7, 11) is 0. The van der Waals surface area contributed by atoms with Gasteiger partial charge in [-0.2, -0.15) is 0 Å². The first-order valence-corrected chi connectivity index (χ1v) is 12.6. The number of carboxylic acid groups (broad SMARTS) is 1. The molecule has 3 heterocycles. The number of carboxylic acids is 1. The van der Waals surface area contributed by atoms with Gasteiger partial charge in [-0.05, 0) is 41.9 Å². The highest BCUT2D eigenvalue weighted by Gasteiger charge is 2.69. The molecule has 32 heavy (non-hydrogen) atoms. The summed E-state index contributed by atoms with van der Waals surface area (Å²) in [6, 6.07) is 7.66. The lowest BCUT2D eigenvalue weighted by molar-refractivity contribution is -0.142. The number of carbonyl (C=O) groups excluding carboxylic acids is 2. The number of aromatic nitrogens is 1. The summed E-state index contributed by atoms with van der Waals surface area (Å²) in [5.41, 5.74) is 1.06. The topological polar surface area (TPSA) is 108 Å². The fourth-order valence-electron chi connectivity index (χ4n) is 6.55. The van der Waals surface area contributed by atoms with Crippen LogP contribution in [0.25, 0.3) is 0 Å². The molecular weight excluding hydrogens is 472 g/mol. The summed E-state index contributed by atoms with van der Waals surface area (Å²) in [6.07, 6.45) is 0.574. The van der Waals surface area contributed by atoms with Crippen LogP contribution in [0, 0.1) is 29.6 Å². The van der Waals surface area contributed by atoms with Crippen molar-refractivity contribution in [1.82, 2.24) is 9.88 Å². The van der Waals surface area contributed by atoms with Gasteiger partial charge in [-0.1, -0.05) is 35.1 Å². The third kappa shape index (κ3) is 2.80. The zero-order valence-electron chi connectivity index (χ0n) is 16.7. The smallest absolute Gasteiger partial charge is 0.305 e. The maximum atomic E-state index is 13.2. The predicted molar refractivity (Wildman–Crippen MR) is 119 cm³/mol. The SMILES string of the molecule is O=C(O)CCN1C(=O)[C@@H]2[C@@H]3C[C@@H]([C@H]4Sc5[nH]c(=O)sc5[C@@H](c5ccc(Cl)cc5)[C@H]34)[C@@H]2C1=O. The van der Waals surface area contributed by atoms with E-state index in [0.717, 1.165) is 21.9 Å². The van der Waals surface area contributed by atoms with Crippen molar-refractivity contribution in [1.29, 1.82) is 0 Å². The number of hydrogen-bond acceptors (Lipinski definition) is 6. The Bertz CT molecular complexity index is 1210. The van der Waals surface area contributed by atoms with Crippen molar-refractivity contribution in [2.45, 2.75) is 29.0 Å². The van der Waals surface area contributed by atoms with E-state index in [1.54, 1.807) is 11.8 Å². The van der Waals surface area contributed by atoms with Crippen LogP contribution in [0.1, 0.15) is 29.2 Å². The number of halogens is 1. The summed E-state index contributed by atoms with van der Waals surface area (Å²) in [6.45, 7) is -0.0663. The van der Waals surface area contributed by atoms with E-state index < -0.39 is 11.9 Å². The molecule has 1 saturated heterocycles. The van der Waals surface area contributed by atoms with Crippen LogP contribution in [0.4, 0.5) is 0 Å². The van der Waals surface area contributed by atoms with E-state index in [1.165, 1.54) is 16.2 Å².